The van der Waals surface area contributed by atoms with Crippen molar-refractivity contribution in [1.82, 2.24) is 20.0 Å². The largest absolute Gasteiger partial charge is 0.493 e. The Morgan fingerprint density at radius 2 is 1.94 bits per heavy atom. The lowest BCUT2D eigenvalue weighted by Gasteiger charge is -2.45. The number of hydrogen-bond donors (Lipinski definition) is 1. The standard InChI is InChI=1S/C24H32N4O3/c1-27(14-15-7-6-10-28-9-5-4-8-19(15)28)24(29)23-18-11-16-12-20(30-2)21(31-3)13-17(16)22(18)25-26-23/h12-13,15,19H,4-11,14H2,1-3H3,(H,25,26)/t15-,19-/m1/s1. The van der Waals surface area contributed by atoms with Crippen molar-refractivity contribution in [3.8, 4) is 22.8 Å². The molecular formula is C24H32N4O3. The number of nitrogens with zero attached hydrogens (tertiary/aromatic N) is 3. The van der Waals surface area contributed by atoms with Gasteiger partial charge < -0.3 is 19.3 Å². The van der Waals surface area contributed by atoms with Gasteiger partial charge in [-0.3, -0.25) is 9.89 Å². The monoisotopic (exact) mass is 424 g/mol. The van der Waals surface area contributed by atoms with Crippen molar-refractivity contribution in [3.63, 3.8) is 0 Å². The number of ether oxygens (including phenoxy) is 2. The van der Waals surface area contributed by atoms with E-state index in [1.54, 1.807) is 14.2 Å². The van der Waals surface area contributed by atoms with E-state index in [2.05, 4.69) is 15.1 Å². The Bertz CT molecular complexity index is 983. The van der Waals surface area contributed by atoms with Crippen LogP contribution in [-0.2, 0) is 6.42 Å². The minimum absolute atomic E-state index is 0.0356. The molecule has 31 heavy (non-hydrogen) atoms. The van der Waals surface area contributed by atoms with E-state index < -0.39 is 0 Å². The zero-order chi connectivity index (χ0) is 21.5. The molecule has 3 aliphatic rings. The zero-order valence-electron chi connectivity index (χ0n) is 18.7. The fraction of sp³-hybridized carbons (Fsp3) is 0.583. The second kappa shape index (κ2) is 8.19. The van der Waals surface area contributed by atoms with Gasteiger partial charge in [0.25, 0.3) is 5.91 Å². The van der Waals surface area contributed by atoms with Crippen LogP contribution in [0.4, 0.5) is 0 Å². The first-order valence-corrected chi connectivity index (χ1v) is 11.4. The number of methoxy groups -OCH3 is 2. The highest BCUT2D eigenvalue weighted by atomic mass is 16.5. The Labute approximate surface area is 183 Å². The van der Waals surface area contributed by atoms with Crippen molar-refractivity contribution in [2.24, 2.45) is 5.92 Å². The molecule has 1 aliphatic carbocycles. The Morgan fingerprint density at radius 1 is 1.16 bits per heavy atom. The Morgan fingerprint density at radius 3 is 2.74 bits per heavy atom. The lowest BCUT2D eigenvalue weighted by molar-refractivity contribution is 0.0400. The van der Waals surface area contributed by atoms with Crippen LogP contribution in [0.15, 0.2) is 12.1 Å². The van der Waals surface area contributed by atoms with E-state index in [0.717, 1.165) is 28.9 Å². The molecule has 2 saturated heterocycles. The number of fused-ring (bicyclic) bond motifs is 4. The second-order valence-corrected chi connectivity index (χ2v) is 9.15. The van der Waals surface area contributed by atoms with E-state index in [1.807, 2.05) is 24.1 Å². The highest BCUT2D eigenvalue weighted by molar-refractivity contribution is 5.97. The van der Waals surface area contributed by atoms with Crippen LogP contribution in [0.25, 0.3) is 11.3 Å². The molecule has 2 aliphatic heterocycles. The van der Waals surface area contributed by atoms with Crippen molar-refractivity contribution in [1.29, 1.82) is 0 Å². The van der Waals surface area contributed by atoms with Gasteiger partial charge in [0, 0.05) is 37.2 Å². The van der Waals surface area contributed by atoms with Crippen LogP contribution in [0.5, 0.6) is 11.5 Å². The van der Waals surface area contributed by atoms with Crippen LogP contribution in [0.2, 0.25) is 0 Å². The van der Waals surface area contributed by atoms with E-state index in [1.165, 1.54) is 45.2 Å². The average Bonchev–Trinajstić information content (AvgIpc) is 3.36. The first-order chi connectivity index (χ1) is 15.1. The Kier molecular flexibility index (Phi) is 5.38. The van der Waals surface area contributed by atoms with Crippen molar-refractivity contribution in [3.05, 3.63) is 29.0 Å². The van der Waals surface area contributed by atoms with Gasteiger partial charge in [0.05, 0.1) is 19.9 Å². The van der Waals surface area contributed by atoms with Crippen LogP contribution < -0.4 is 9.47 Å². The van der Waals surface area contributed by atoms with E-state index in [9.17, 15) is 4.79 Å². The molecule has 1 N–H and O–H groups in total. The third-order valence-corrected chi connectivity index (χ3v) is 7.40. The summed E-state index contributed by atoms with van der Waals surface area (Å²) in [4.78, 5) is 17.9. The maximum absolute atomic E-state index is 13.4. The van der Waals surface area contributed by atoms with Crippen molar-refractivity contribution >= 4 is 5.91 Å². The molecule has 1 aromatic heterocycles. The lowest BCUT2D eigenvalue weighted by Crippen LogP contribution is -2.51. The molecule has 7 heteroatoms. The van der Waals surface area contributed by atoms with Crippen molar-refractivity contribution in [2.45, 2.75) is 44.6 Å². The highest BCUT2D eigenvalue weighted by Crippen LogP contribution is 2.43. The maximum Gasteiger partial charge on any atom is 0.271 e. The van der Waals surface area contributed by atoms with Gasteiger partial charge in [0.2, 0.25) is 0 Å². The molecule has 0 radical (unpaired) electrons. The summed E-state index contributed by atoms with van der Waals surface area (Å²) in [5, 5.41) is 7.54. The quantitative estimate of drug-likeness (QED) is 0.680. The lowest BCUT2D eigenvalue weighted by atomic mass is 9.83. The summed E-state index contributed by atoms with van der Waals surface area (Å²) < 4.78 is 10.9. The number of carbonyl (C=O) groups excluding carboxylic acids is 1. The van der Waals surface area contributed by atoms with Gasteiger partial charge in [-0.2, -0.15) is 5.10 Å². The molecule has 1 aromatic carbocycles. The predicted octanol–water partition coefficient (Wildman–Crippen LogP) is 3.33. The number of piperidine rings is 2. The number of hydrogen-bond acceptors (Lipinski definition) is 5. The molecule has 3 heterocycles. The van der Waals surface area contributed by atoms with Gasteiger partial charge in [-0.25, -0.2) is 0 Å². The third-order valence-electron chi connectivity index (χ3n) is 7.40. The smallest absolute Gasteiger partial charge is 0.271 e. The summed E-state index contributed by atoms with van der Waals surface area (Å²) >= 11 is 0. The van der Waals surface area contributed by atoms with Gasteiger partial charge in [0.15, 0.2) is 11.5 Å². The third kappa shape index (κ3) is 3.49. The molecule has 0 saturated carbocycles. The van der Waals surface area contributed by atoms with Crippen LogP contribution in [0, 0.1) is 5.92 Å². The summed E-state index contributed by atoms with van der Waals surface area (Å²) in [6.45, 7) is 3.25. The first kappa shape index (κ1) is 20.4. The van der Waals surface area contributed by atoms with E-state index in [-0.39, 0.29) is 5.91 Å². The van der Waals surface area contributed by atoms with Crippen LogP contribution in [0.3, 0.4) is 0 Å². The van der Waals surface area contributed by atoms with Gasteiger partial charge >= 0.3 is 0 Å². The van der Waals surface area contributed by atoms with Crippen molar-refractivity contribution < 1.29 is 14.3 Å². The Balaban J connectivity index is 1.35. The van der Waals surface area contributed by atoms with E-state index in [0.29, 0.717) is 35.6 Å². The van der Waals surface area contributed by atoms with Crippen LogP contribution in [0.1, 0.15) is 53.7 Å². The summed E-state index contributed by atoms with van der Waals surface area (Å²) in [6.07, 6.45) is 7.02. The minimum Gasteiger partial charge on any atom is -0.493 e. The van der Waals surface area contributed by atoms with Crippen molar-refractivity contribution in [2.75, 3.05) is 40.9 Å². The first-order valence-electron chi connectivity index (χ1n) is 11.4. The molecule has 0 bridgehead atoms. The summed E-state index contributed by atoms with van der Waals surface area (Å²) in [6, 6.07) is 4.58. The van der Waals surface area contributed by atoms with E-state index in [4.69, 9.17) is 9.47 Å². The van der Waals surface area contributed by atoms with Gasteiger partial charge in [0.1, 0.15) is 5.69 Å². The number of carbonyl (C=O) groups is 1. The molecule has 2 fully saturated rings. The molecular weight excluding hydrogens is 392 g/mol. The summed E-state index contributed by atoms with van der Waals surface area (Å²) in [5.74, 6) is 1.98. The number of amides is 1. The minimum atomic E-state index is 0.0356. The topological polar surface area (TPSA) is 70.7 Å². The number of aromatic nitrogens is 2. The van der Waals surface area contributed by atoms with Crippen LogP contribution in [-0.4, -0.2) is 72.8 Å². The highest BCUT2D eigenvalue weighted by Gasteiger charge is 2.35. The molecule has 7 nitrogen and oxygen atoms in total. The number of rotatable bonds is 5. The molecule has 2 atom stereocenters. The van der Waals surface area contributed by atoms with Gasteiger partial charge in [-0.05, 0) is 62.4 Å². The molecule has 1 amide bonds. The van der Waals surface area contributed by atoms with Crippen LogP contribution >= 0.6 is 0 Å². The van der Waals surface area contributed by atoms with Gasteiger partial charge in [-0.1, -0.05) is 6.42 Å². The summed E-state index contributed by atoms with van der Waals surface area (Å²) in [5.41, 5.74) is 4.57. The average molecular weight is 425 g/mol. The predicted molar refractivity (Wildman–Crippen MR) is 119 cm³/mol. The molecule has 5 rings (SSSR count). The fourth-order valence-corrected chi connectivity index (χ4v) is 5.83. The van der Waals surface area contributed by atoms with Gasteiger partial charge in [-0.15, -0.1) is 0 Å². The SMILES string of the molecule is COc1cc2c(cc1OC)-c1n[nH]c(C(=O)N(C)C[C@H]3CCCN4CCCC[C@H]34)c1C2. The Hall–Kier alpha value is -2.54. The molecule has 0 spiro atoms. The molecule has 0 unspecified atom stereocenters. The van der Waals surface area contributed by atoms with E-state index >= 15 is 0 Å². The fourth-order valence-electron chi connectivity index (χ4n) is 5.83. The molecule has 166 valence electrons. The number of benzene rings is 1. The molecule has 2 aromatic rings. The normalized spacial score (nSPS) is 22.4. The maximum atomic E-state index is 13.4. The number of H-pyrrole nitrogens is 1. The number of nitrogens with one attached hydrogen (secondary N) is 1. The zero-order valence-corrected chi connectivity index (χ0v) is 18.7. The summed E-state index contributed by atoms with van der Waals surface area (Å²) in [7, 11) is 5.21. The number of aromatic amines is 1. The second-order valence-electron chi connectivity index (χ2n) is 9.15.